The van der Waals surface area contributed by atoms with E-state index in [1.165, 1.54) is 0 Å². The second-order valence-electron chi connectivity index (χ2n) is 2.11. The van der Waals surface area contributed by atoms with Crippen molar-refractivity contribution in [2.75, 3.05) is 0 Å². The molecule has 1 rings (SSSR count). The van der Waals surface area contributed by atoms with Crippen LogP contribution in [0.25, 0.3) is 0 Å². The Kier molecular flexibility index (Phi) is 6.26. The van der Waals surface area contributed by atoms with E-state index in [4.69, 9.17) is 28.3 Å². The fraction of sp³-hybridized carbons (Fsp3) is 0. The number of hydrogen-bond acceptors (Lipinski definition) is 5. The minimum absolute atomic E-state index is 0. The van der Waals surface area contributed by atoms with Crippen LogP contribution in [0.5, 0.6) is 0 Å². The first-order valence-electron chi connectivity index (χ1n) is 2.92. The van der Waals surface area contributed by atoms with E-state index in [1.54, 1.807) is 0 Å². The van der Waals surface area contributed by atoms with Gasteiger partial charge in [-0.3, -0.25) is 0 Å². The van der Waals surface area contributed by atoms with Gasteiger partial charge >= 0.3 is 57.4 Å². The molecular formula is C5HCl2KO5S2. The summed E-state index contributed by atoms with van der Waals surface area (Å²) in [6.07, 6.45) is 0. The largest absolute Gasteiger partial charge is 1.00 e. The number of thiophene rings is 1. The van der Waals surface area contributed by atoms with Crippen LogP contribution in [0.15, 0.2) is 4.21 Å². The summed E-state index contributed by atoms with van der Waals surface area (Å²) >= 11 is 11.1. The quantitative estimate of drug-likeness (QED) is 0.538. The average Bonchev–Trinajstić information content (AvgIpc) is 2.27. The minimum atomic E-state index is -4.86. The van der Waals surface area contributed by atoms with Crippen LogP contribution in [0.1, 0.15) is 10.4 Å². The molecule has 0 saturated carbocycles. The zero-order valence-electron chi connectivity index (χ0n) is 7.15. The third-order valence-corrected chi connectivity index (χ3v) is 4.52. The standard InChI is InChI=1S/C5H2Cl2O5S2.K/c6-2-1(4(8)9)5(13-3(2)7)14(10,11)12;/h(H,8,9)(H,10,11,12);/q;+1/p-1. The fourth-order valence-electron chi connectivity index (χ4n) is 0.722. The topological polar surface area (TPSA) is 94.5 Å². The molecule has 0 aliphatic heterocycles. The van der Waals surface area contributed by atoms with Crippen molar-refractivity contribution in [1.82, 2.24) is 0 Å². The Bertz CT molecular complexity index is 494. The summed E-state index contributed by atoms with van der Waals surface area (Å²) in [4.78, 5) is 10.6. The first kappa shape index (κ1) is 16.3. The Morgan fingerprint density at radius 1 is 1.40 bits per heavy atom. The van der Waals surface area contributed by atoms with Gasteiger partial charge < -0.3 is 9.66 Å². The molecule has 0 amide bonds. The minimum Gasteiger partial charge on any atom is -0.743 e. The summed E-state index contributed by atoms with van der Waals surface area (Å²) < 4.78 is 30.7. The van der Waals surface area contributed by atoms with E-state index in [0.29, 0.717) is 11.3 Å². The van der Waals surface area contributed by atoms with Crippen LogP contribution in [0.4, 0.5) is 0 Å². The number of carboxylic acids is 1. The molecule has 0 unspecified atom stereocenters. The van der Waals surface area contributed by atoms with Crippen LogP contribution in [0.2, 0.25) is 9.36 Å². The Hall–Kier alpha value is 1.30. The van der Waals surface area contributed by atoms with E-state index in [0.717, 1.165) is 0 Å². The Morgan fingerprint density at radius 2 is 1.87 bits per heavy atom. The maximum Gasteiger partial charge on any atom is 1.00 e. The van der Waals surface area contributed by atoms with E-state index in [1.807, 2.05) is 0 Å². The molecule has 0 aliphatic rings. The van der Waals surface area contributed by atoms with Crippen molar-refractivity contribution in [3.8, 4) is 0 Å². The van der Waals surface area contributed by atoms with Gasteiger partial charge in [0.15, 0.2) is 0 Å². The monoisotopic (exact) mass is 314 g/mol. The molecule has 0 saturated heterocycles. The number of halogens is 2. The maximum absolute atomic E-state index is 10.6. The van der Waals surface area contributed by atoms with Crippen LogP contribution >= 0.6 is 34.5 Å². The van der Waals surface area contributed by atoms with Gasteiger partial charge in [-0.05, 0) is 0 Å². The smallest absolute Gasteiger partial charge is 0.743 e. The molecule has 0 radical (unpaired) electrons. The van der Waals surface area contributed by atoms with Crippen molar-refractivity contribution in [2.45, 2.75) is 4.21 Å². The molecule has 5 nitrogen and oxygen atoms in total. The van der Waals surface area contributed by atoms with Crippen LogP contribution < -0.4 is 51.4 Å². The zero-order chi connectivity index (χ0) is 11.1. The van der Waals surface area contributed by atoms with Crippen molar-refractivity contribution in [3.05, 3.63) is 14.9 Å². The van der Waals surface area contributed by atoms with Gasteiger partial charge in [0.25, 0.3) is 0 Å². The molecule has 0 aromatic carbocycles. The molecule has 78 valence electrons. The van der Waals surface area contributed by atoms with Crippen LogP contribution in [-0.4, -0.2) is 24.0 Å². The van der Waals surface area contributed by atoms with Gasteiger partial charge in [0.05, 0.1) is 5.02 Å². The fourth-order valence-corrected chi connectivity index (χ4v) is 3.33. The van der Waals surface area contributed by atoms with E-state index in [9.17, 15) is 17.8 Å². The third kappa shape index (κ3) is 3.63. The predicted octanol–water partition coefficient (Wildman–Crippen LogP) is -1.34. The summed E-state index contributed by atoms with van der Waals surface area (Å²) in [6, 6.07) is 0. The van der Waals surface area contributed by atoms with Gasteiger partial charge in [0.1, 0.15) is 24.2 Å². The second kappa shape index (κ2) is 5.76. The number of aromatic carboxylic acids is 1. The number of carbonyl (C=O) groups is 1. The first-order valence-corrected chi connectivity index (χ1v) is 5.90. The molecule has 0 aliphatic carbocycles. The Balaban J connectivity index is 0.00000196. The van der Waals surface area contributed by atoms with Crippen molar-refractivity contribution in [2.24, 2.45) is 0 Å². The molecule has 1 aromatic rings. The van der Waals surface area contributed by atoms with Crippen molar-refractivity contribution in [1.29, 1.82) is 0 Å². The van der Waals surface area contributed by atoms with Crippen molar-refractivity contribution < 1.29 is 74.3 Å². The van der Waals surface area contributed by atoms with Gasteiger partial charge in [-0.15, -0.1) is 11.3 Å². The van der Waals surface area contributed by atoms with Crippen LogP contribution in [-0.2, 0) is 10.1 Å². The predicted molar refractivity (Wildman–Crippen MR) is 49.3 cm³/mol. The van der Waals surface area contributed by atoms with Crippen LogP contribution in [0, 0.1) is 0 Å². The SMILES string of the molecule is O=C(O)c1c(S(=O)(=O)[O-])sc(Cl)c1Cl.[K+]. The molecular weight excluding hydrogens is 314 g/mol. The molecule has 1 aromatic heterocycles. The first-order chi connectivity index (χ1) is 6.25. The summed E-state index contributed by atoms with van der Waals surface area (Å²) in [5, 5.41) is 8.15. The van der Waals surface area contributed by atoms with E-state index >= 15 is 0 Å². The summed E-state index contributed by atoms with van der Waals surface area (Å²) in [5.41, 5.74) is -0.767. The third-order valence-electron chi connectivity index (χ3n) is 1.22. The molecule has 1 N–H and O–H groups in total. The van der Waals surface area contributed by atoms with E-state index in [-0.39, 0.29) is 55.7 Å². The van der Waals surface area contributed by atoms with E-state index < -0.39 is 30.9 Å². The Labute approximate surface area is 142 Å². The molecule has 0 atom stereocenters. The van der Waals surface area contributed by atoms with Crippen molar-refractivity contribution >= 4 is 50.6 Å². The summed E-state index contributed by atoms with van der Waals surface area (Å²) in [6.45, 7) is 0. The average molecular weight is 315 g/mol. The van der Waals surface area contributed by atoms with Gasteiger partial charge in [0.2, 0.25) is 0 Å². The molecule has 1 heterocycles. The second-order valence-corrected chi connectivity index (χ2v) is 5.69. The number of carboxylic acid groups (broad SMARTS) is 1. The van der Waals surface area contributed by atoms with Crippen molar-refractivity contribution in [3.63, 3.8) is 0 Å². The molecule has 0 spiro atoms. The van der Waals surface area contributed by atoms with Gasteiger partial charge in [-0.1, -0.05) is 23.2 Å². The maximum atomic E-state index is 10.6. The van der Waals surface area contributed by atoms with Gasteiger partial charge in [0, 0.05) is 0 Å². The van der Waals surface area contributed by atoms with Gasteiger partial charge in [-0.2, -0.15) is 0 Å². The number of rotatable bonds is 2. The number of hydrogen-bond donors (Lipinski definition) is 1. The van der Waals surface area contributed by atoms with Crippen LogP contribution in [0.3, 0.4) is 0 Å². The normalized spacial score (nSPS) is 10.9. The van der Waals surface area contributed by atoms with Gasteiger partial charge in [-0.25, -0.2) is 13.2 Å². The molecule has 10 heteroatoms. The molecule has 15 heavy (non-hydrogen) atoms. The zero-order valence-corrected chi connectivity index (χ0v) is 13.4. The summed E-state index contributed by atoms with van der Waals surface area (Å²) in [7, 11) is -4.86. The molecule has 0 bridgehead atoms. The van der Waals surface area contributed by atoms with E-state index in [2.05, 4.69) is 0 Å². The summed E-state index contributed by atoms with van der Waals surface area (Å²) in [5.74, 6) is -1.60. The molecule has 0 fully saturated rings. The Morgan fingerprint density at radius 3 is 2.13 bits per heavy atom.